The first-order valence-electron chi connectivity index (χ1n) is 20.5. The molecule has 7 nitrogen and oxygen atoms in total. The van der Waals surface area contributed by atoms with Crippen molar-refractivity contribution in [2.75, 3.05) is 0 Å². The topological polar surface area (TPSA) is 110 Å². The molecule has 9 atom stereocenters. The van der Waals surface area contributed by atoms with Crippen molar-refractivity contribution < 1.29 is 29.0 Å². The normalized spacial score (nSPS) is 36.6. The third-order valence-corrected chi connectivity index (χ3v) is 16.5. The molecule has 8 heteroatoms. The summed E-state index contributed by atoms with van der Waals surface area (Å²) in [5.74, 6) is -0.151. The summed E-state index contributed by atoms with van der Waals surface area (Å²) in [5, 5.41) is 13.3. The number of Topliss-reactive ketones (excluding diaryl/α,β-unsaturated/α-hetero) is 1. The van der Waals surface area contributed by atoms with Crippen molar-refractivity contribution in [1.29, 1.82) is 0 Å². The predicted molar refractivity (Wildman–Crippen MR) is 212 cm³/mol. The van der Waals surface area contributed by atoms with Crippen LogP contribution in [-0.2, 0) is 23.9 Å². The van der Waals surface area contributed by atoms with Gasteiger partial charge in [-0.25, -0.2) is 0 Å². The van der Waals surface area contributed by atoms with E-state index in [-0.39, 0.29) is 63.8 Å². The van der Waals surface area contributed by atoms with Gasteiger partial charge in [-0.05, 0) is 141 Å². The molecule has 9 unspecified atom stereocenters. The van der Waals surface area contributed by atoms with Crippen molar-refractivity contribution in [1.82, 2.24) is 5.32 Å². The van der Waals surface area contributed by atoms with Gasteiger partial charge in [-0.1, -0.05) is 84.3 Å². The number of rotatable bonds is 9. The number of benzene rings is 1. The summed E-state index contributed by atoms with van der Waals surface area (Å²) >= 11 is 6.44. The molecule has 5 aliphatic carbocycles. The fourth-order valence-corrected chi connectivity index (χ4v) is 13.4. The molecule has 1 aromatic carbocycles. The molecule has 4 fully saturated rings. The number of amides is 1. The number of carboxylic acid groups (broad SMARTS) is 1. The highest BCUT2D eigenvalue weighted by molar-refractivity contribution is 6.31. The SMILES string of the molecule is CC(C)C1=C2C3CCC4C5(C)CCC(OC(=O)CC(C)(C)C(=O)O)C(C)(C)C5CCC4(C)C3(C)CCC2(C=CC(=O)NC(C)c2ccccc2Cl)CC1=O. The summed E-state index contributed by atoms with van der Waals surface area (Å²) in [6.07, 6.45) is 11.6. The Kier molecular flexibility index (Phi) is 10.5. The second-order valence-electron chi connectivity index (χ2n) is 20.1. The summed E-state index contributed by atoms with van der Waals surface area (Å²) in [5.41, 5.74) is 1.39. The Morgan fingerprint density at radius 2 is 1.63 bits per heavy atom. The number of carboxylic acids is 1. The number of allylic oxidation sites excluding steroid dienone is 3. The Labute approximate surface area is 328 Å². The van der Waals surface area contributed by atoms with Crippen LogP contribution in [0.1, 0.15) is 145 Å². The molecule has 0 spiro atoms. The molecular weight excluding hydrogens is 698 g/mol. The molecule has 2 N–H and O–H groups in total. The van der Waals surface area contributed by atoms with Gasteiger partial charge in [0.25, 0.3) is 0 Å². The Morgan fingerprint density at radius 1 is 0.944 bits per heavy atom. The number of aliphatic carboxylic acids is 1. The van der Waals surface area contributed by atoms with Crippen LogP contribution in [0.4, 0.5) is 0 Å². The molecule has 1 aromatic rings. The van der Waals surface area contributed by atoms with Gasteiger partial charge in [-0.3, -0.25) is 19.2 Å². The number of halogens is 1. The molecule has 0 heterocycles. The number of fused-ring (bicyclic) bond motifs is 7. The maximum atomic E-state index is 14.0. The van der Waals surface area contributed by atoms with Crippen molar-refractivity contribution >= 4 is 35.2 Å². The summed E-state index contributed by atoms with van der Waals surface area (Å²) < 4.78 is 6.16. The maximum Gasteiger partial charge on any atom is 0.309 e. The first-order chi connectivity index (χ1) is 25.0. The summed E-state index contributed by atoms with van der Waals surface area (Å²) in [6, 6.07) is 7.32. The van der Waals surface area contributed by atoms with Crippen molar-refractivity contribution in [3.05, 3.63) is 58.1 Å². The van der Waals surface area contributed by atoms with Gasteiger partial charge in [-0.15, -0.1) is 0 Å². The fourth-order valence-electron chi connectivity index (χ4n) is 13.1. The van der Waals surface area contributed by atoms with E-state index in [1.807, 2.05) is 31.2 Å². The summed E-state index contributed by atoms with van der Waals surface area (Å²) in [7, 11) is 0. The van der Waals surface area contributed by atoms with Gasteiger partial charge >= 0.3 is 11.9 Å². The van der Waals surface area contributed by atoms with Crippen LogP contribution in [0, 0.1) is 56.2 Å². The number of hydrogen-bond donors (Lipinski definition) is 2. The number of carbonyl (C=O) groups is 4. The van der Waals surface area contributed by atoms with Crippen LogP contribution in [0.3, 0.4) is 0 Å². The van der Waals surface area contributed by atoms with Crippen LogP contribution in [-0.4, -0.2) is 34.8 Å². The second kappa shape index (κ2) is 13.9. The number of ether oxygens (including phenoxy) is 1. The Balaban J connectivity index is 1.27. The van der Waals surface area contributed by atoms with E-state index in [1.54, 1.807) is 19.9 Å². The van der Waals surface area contributed by atoms with Gasteiger partial charge in [0.2, 0.25) is 5.91 Å². The van der Waals surface area contributed by atoms with E-state index >= 15 is 0 Å². The molecule has 0 saturated heterocycles. The molecule has 0 bridgehead atoms. The maximum absolute atomic E-state index is 14.0. The number of hydrogen-bond acceptors (Lipinski definition) is 5. The lowest BCUT2D eigenvalue weighted by Crippen LogP contribution is -2.65. The van der Waals surface area contributed by atoms with Crippen LogP contribution in [0.5, 0.6) is 0 Å². The lowest BCUT2D eigenvalue weighted by Gasteiger charge is -2.72. The average molecular weight is 762 g/mol. The van der Waals surface area contributed by atoms with Crippen LogP contribution < -0.4 is 5.32 Å². The summed E-state index contributed by atoms with van der Waals surface area (Å²) in [4.78, 5) is 52.3. The van der Waals surface area contributed by atoms with E-state index in [4.69, 9.17) is 16.3 Å². The number of ketones is 1. The van der Waals surface area contributed by atoms with Crippen molar-refractivity contribution in [2.24, 2.45) is 56.2 Å². The van der Waals surface area contributed by atoms with Gasteiger partial charge in [0.05, 0.1) is 17.9 Å². The number of carbonyl (C=O) groups excluding carboxylic acids is 3. The van der Waals surface area contributed by atoms with Gasteiger partial charge in [0.15, 0.2) is 5.78 Å². The second-order valence-corrected chi connectivity index (χ2v) is 20.5. The molecule has 0 radical (unpaired) electrons. The molecule has 54 heavy (non-hydrogen) atoms. The first-order valence-corrected chi connectivity index (χ1v) is 20.9. The Hall–Kier alpha value is -2.93. The number of esters is 1. The minimum Gasteiger partial charge on any atom is -0.481 e. The molecule has 0 aromatic heterocycles. The Bertz CT molecular complexity index is 1770. The zero-order chi connectivity index (χ0) is 39.8. The summed E-state index contributed by atoms with van der Waals surface area (Å²) in [6.45, 7) is 21.5. The van der Waals surface area contributed by atoms with Crippen molar-refractivity contribution in [2.45, 2.75) is 146 Å². The molecule has 1 amide bonds. The van der Waals surface area contributed by atoms with E-state index in [9.17, 15) is 24.3 Å². The highest BCUT2D eigenvalue weighted by Gasteiger charge is 2.70. The van der Waals surface area contributed by atoms with E-state index in [0.29, 0.717) is 23.3 Å². The molecule has 296 valence electrons. The zero-order valence-electron chi connectivity index (χ0n) is 34.4. The lowest BCUT2D eigenvalue weighted by atomic mass is 9.33. The van der Waals surface area contributed by atoms with Crippen molar-refractivity contribution in [3.8, 4) is 0 Å². The molecule has 6 rings (SSSR count). The largest absolute Gasteiger partial charge is 0.481 e. The third-order valence-electron chi connectivity index (χ3n) is 16.1. The van der Waals surface area contributed by atoms with E-state index < -0.39 is 22.8 Å². The standard InChI is InChI=1S/C46H64ClNO6/c1-27(2)38-32(49)25-46(22-19-36(50)48-28(3)29-13-11-12-14-31(29)47)24-23-44(9)30(39(38)46)15-16-34-43(8)20-18-35(54-37(51)26-41(4,5)40(52)53)42(6,7)33(43)17-21-45(34,44)10/h11-14,19,22,27-28,30,33-35H,15-18,20-21,23-26H2,1-10H3,(H,48,50)(H,52,53). The predicted octanol–water partition coefficient (Wildman–Crippen LogP) is 10.5. The third kappa shape index (κ3) is 6.40. The number of nitrogens with one attached hydrogen (secondary N) is 1. The van der Waals surface area contributed by atoms with Crippen molar-refractivity contribution in [3.63, 3.8) is 0 Å². The molecule has 5 aliphatic rings. The minimum absolute atomic E-state index is 0.0158. The monoisotopic (exact) mass is 761 g/mol. The molecular formula is C46H64ClNO6. The Morgan fingerprint density at radius 3 is 2.28 bits per heavy atom. The highest BCUT2D eigenvalue weighted by Crippen LogP contribution is 2.77. The molecule has 0 aliphatic heterocycles. The van der Waals surface area contributed by atoms with Gasteiger partial charge in [0, 0.05) is 22.3 Å². The van der Waals surface area contributed by atoms with E-state index in [2.05, 4.69) is 59.9 Å². The van der Waals surface area contributed by atoms with Crippen LogP contribution in [0.2, 0.25) is 5.02 Å². The highest BCUT2D eigenvalue weighted by atomic mass is 35.5. The quantitative estimate of drug-likeness (QED) is 0.192. The van der Waals surface area contributed by atoms with E-state index in [0.717, 1.165) is 62.5 Å². The molecule has 4 saturated carbocycles. The van der Waals surface area contributed by atoms with Gasteiger partial charge in [0.1, 0.15) is 6.10 Å². The van der Waals surface area contributed by atoms with Crippen LogP contribution in [0.15, 0.2) is 47.6 Å². The first kappa shape index (κ1) is 40.7. The average Bonchev–Trinajstić information content (AvgIpc) is 3.37. The lowest BCUT2D eigenvalue weighted by molar-refractivity contribution is -0.232. The minimum atomic E-state index is -1.17. The zero-order valence-corrected chi connectivity index (χ0v) is 35.1. The fraction of sp³-hybridized carbons (Fsp3) is 0.696. The van der Waals surface area contributed by atoms with Gasteiger partial charge < -0.3 is 15.2 Å². The van der Waals surface area contributed by atoms with Crippen LogP contribution >= 0.6 is 11.6 Å². The smallest absolute Gasteiger partial charge is 0.309 e. The van der Waals surface area contributed by atoms with Gasteiger partial charge in [-0.2, -0.15) is 0 Å². The van der Waals surface area contributed by atoms with Crippen LogP contribution in [0.25, 0.3) is 0 Å². The van der Waals surface area contributed by atoms with E-state index in [1.165, 1.54) is 5.57 Å².